The Balaban J connectivity index is 1.38. The van der Waals surface area contributed by atoms with Crippen LogP contribution in [0.4, 0.5) is 0 Å². The predicted molar refractivity (Wildman–Crippen MR) is 136 cm³/mol. The summed E-state index contributed by atoms with van der Waals surface area (Å²) in [5, 5.41) is 3.34. The number of likely N-dealkylation sites (tertiary alicyclic amines) is 1. The summed E-state index contributed by atoms with van der Waals surface area (Å²) >= 11 is 0. The second-order valence-corrected chi connectivity index (χ2v) is 11.1. The van der Waals surface area contributed by atoms with E-state index in [0.29, 0.717) is 24.5 Å². The van der Waals surface area contributed by atoms with Crippen molar-refractivity contribution >= 4 is 11.8 Å². The number of aromatic nitrogens is 1. The van der Waals surface area contributed by atoms with Crippen LogP contribution in [0.25, 0.3) is 11.5 Å². The minimum atomic E-state index is -0.949. The number of carbonyl (C=O) groups is 2. The summed E-state index contributed by atoms with van der Waals surface area (Å²) in [5.74, 6) is 1.34. The molecule has 1 saturated carbocycles. The standard InChI is InChI=1S/C28H40N4O3/c1-21-9-11-22(12-10-21)29-27(34)28(2)20-31-23(25-8-6-19-35-25)13-14-24(31)26(33)32(28)18-7-17-30-15-4-3-5-16-30/h6,8,13-14,19,21-22H,3-5,7,9-12,15-18,20H2,1-2H3,(H,29,34)/t21?,22?,28-/m1/s1. The molecule has 1 saturated heterocycles. The van der Waals surface area contributed by atoms with Crippen molar-refractivity contribution in [3.63, 3.8) is 0 Å². The number of hydrogen-bond donors (Lipinski definition) is 1. The Morgan fingerprint density at radius 3 is 2.51 bits per heavy atom. The Morgan fingerprint density at radius 2 is 1.80 bits per heavy atom. The van der Waals surface area contributed by atoms with Crippen molar-refractivity contribution in [3.05, 3.63) is 36.2 Å². The Kier molecular flexibility index (Phi) is 7.05. The lowest BCUT2D eigenvalue weighted by molar-refractivity contribution is -0.134. The molecule has 0 radical (unpaired) electrons. The second-order valence-electron chi connectivity index (χ2n) is 11.1. The number of furan rings is 1. The van der Waals surface area contributed by atoms with Gasteiger partial charge in [0.15, 0.2) is 0 Å². The van der Waals surface area contributed by atoms with E-state index in [4.69, 9.17) is 4.42 Å². The maximum atomic E-state index is 13.9. The van der Waals surface area contributed by atoms with Gasteiger partial charge in [-0.25, -0.2) is 0 Å². The van der Waals surface area contributed by atoms with Crippen LogP contribution >= 0.6 is 0 Å². The van der Waals surface area contributed by atoms with Gasteiger partial charge in [0.05, 0.1) is 18.5 Å². The first-order valence-electron chi connectivity index (χ1n) is 13.5. The molecule has 1 aliphatic carbocycles. The summed E-state index contributed by atoms with van der Waals surface area (Å²) in [5.41, 5.74) is 0.526. The van der Waals surface area contributed by atoms with Gasteiger partial charge in [0.2, 0.25) is 5.91 Å². The molecule has 2 amide bonds. The number of piperidine rings is 1. The van der Waals surface area contributed by atoms with Gasteiger partial charge in [-0.2, -0.15) is 0 Å². The summed E-state index contributed by atoms with van der Waals surface area (Å²) in [6, 6.07) is 7.75. The molecule has 1 atom stereocenters. The zero-order valence-corrected chi connectivity index (χ0v) is 21.3. The van der Waals surface area contributed by atoms with Gasteiger partial charge >= 0.3 is 0 Å². The van der Waals surface area contributed by atoms with E-state index in [2.05, 4.69) is 17.1 Å². The fraction of sp³-hybridized carbons (Fsp3) is 0.643. The quantitative estimate of drug-likeness (QED) is 0.632. The van der Waals surface area contributed by atoms with E-state index >= 15 is 0 Å². The molecule has 3 aliphatic rings. The highest BCUT2D eigenvalue weighted by Crippen LogP contribution is 2.34. The van der Waals surface area contributed by atoms with Crippen LogP contribution in [0.3, 0.4) is 0 Å². The minimum absolute atomic E-state index is 0.0341. The fourth-order valence-electron chi connectivity index (χ4n) is 6.14. The number of rotatable bonds is 7. The topological polar surface area (TPSA) is 70.7 Å². The highest BCUT2D eigenvalue weighted by Gasteiger charge is 2.48. The lowest BCUT2D eigenvalue weighted by Crippen LogP contribution is -2.65. The Morgan fingerprint density at radius 1 is 1.06 bits per heavy atom. The number of nitrogens with zero attached hydrogens (tertiary/aromatic N) is 3. The summed E-state index contributed by atoms with van der Waals surface area (Å²) in [4.78, 5) is 32.0. The molecule has 5 rings (SSSR count). The summed E-state index contributed by atoms with van der Waals surface area (Å²) in [6.07, 6.45) is 10.7. The summed E-state index contributed by atoms with van der Waals surface area (Å²) in [7, 11) is 0. The number of carbonyl (C=O) groups excluding carboxylic acids is 2. The molecule has 1 N–H and O–H groups in total. The van der Waals surface area contributed by atoms with E-state index in [1.165, 1.54) is 19.3 Å². The van der Waals surface area contributed by atoms with Gasteiger partial charge in [0.25, 0.3) is 5.91 Å². The van der Waals surface area contributed by atoms with Gasteiger partial charge in [-0.05, 0) is 102 Å². The van der Waals surface area contributed by atoms with Crippen LogP contribution in [0, 0.1) is 5.92 Å². The molecule has 7 nitrogen and oxygen atoms in total. The van der Waals surface area contributed by atoms with E-state index in [-0.39, 0.29) is 17.9 Å². The summed E-state index contributed by atoms with van der Waals surface area (Å²) < 4.78 is 7.62. The molecule has 0 aromatic carbocycles. The van der Waals surface area contributed by atoms with Crippen LogP contribution in [0.1, 0.15) is 75.7 Å². The van der Waals surface area contributed by atoms with Crippen molar-refractivity contribution < 1.29 is 14.0 Å². The van der Waals surface area contributed by atoms with E-state index in [0.717, 1.165) is 63.4 Å². The van der Waals surface area contributed by atoms with Gasteiger partial charge in [-0.1, -0.05) is 13.3 Å². The molecule has 2 fully saturated rings. The van der Waals surface area contributed by atoms with Gasteiger partial charge in [-0.15, -0.1) is 0 Å². The first-order valence-corrected chi connectivity index (χ1v) is 13.5. The highest BCUT2D eigenvalue weighted by atomic mass is 16.3. The predicted octanol–water partition coefficient (Wildman–Crippen LogP) is 4.53. The van der Waals surface area contributed by atoms with Gasteiger partial charge in [0, 0.05) is 12.6 Å². The average molecular weight is 481 g/mol. The number of hydrogen-bond acceptors (Lipinski definition) is 4. The van der Waals surface area contributed by atoms with Crippen molar-refractivity contribution in [2.75, 3.05) is 26.2 Å². The first kappa shape index (κ1) is 24.2. The molecule has 2 aliphatic heterocycles. The molecule has 2 aromatic heterocycles. The third kappa shape index (κ3) is 4.92. The third-order valence-corrected chi connectivity index (χ3v) is 8.43. The van der Waals surface area contributed by atoms with Crippen molar-refractivity contribution in [3.8, 4) is 11.5 Å². The van der Waals surface area contributed by atoms with Crippen LogP contribution in [-0.4, -0.2) is 63.9 Å². The zero-order chi connectivity index (χ0) is 24.4. The zero-order valence-electron chi connectivity index (χ0n) is 21.3. The SMILES string of the molecule is CC1CCC(NC(=O)[C@@]2(C)Cn3c(ccc3-c3ccco3)C(=O)N2CCCN2CCCCC2)CC1. The molecule has 190 valence electrons. The third-order valence-electron chi connectivity index (χ3n) is 8.43. The first-order chi connectivity index (χ1) is 17.0. The molecule has 35 heavy (non-hydrogen) atoms. The van der Waals surface area contributed by atoms with E-state index in [1.807, 2.05) is 40.7 Å². The number of nitrogens with one attached hydrogen (secondary N) is 1. The van der Waals surface area contributed by atoms with Crippen molar-refractivity contribution in [2.45, 2.75) is 83.3 Å². The molecule has 4 heterocycles. The van der Waals surface area contributed by atoms with Crippen molar-refractivity contribution in [1.29, 1.82) is 0 Å². The molecular formula is C28H40N4O3. The van der Waals surface area contributed by atoms with Crippen LogP contribution in [-0.2, 0) is 11.3 Å². The smallest absolute Gasteiger partial charge is 0.271 e. The molecule has 7 heteroatoms. The summed E-state index contributed by atoms with van der Waals surface area (Å²) in [6.45, 7) is 8.50. The van der Waals surface area contributed by atoms with Gasteiger partial charge in [0.1, 0.15) is 17.0 Å². The normalized spacial score (nSPS) is 27.6. The van der Waals surface area contributed by atoms with E-state index in [1.54, 1.807) is 6.26 Å². The maximum absolute atomic E-state index is 13.9. The van der Waals surface area contributed by atoms with Crippen LogP contribution in [0.5, 0.6) is 0 Å². The lowest BCUT2D eigenvalue weighted by Gasteiger charge is -2.45. The van der Waals surface area contributed by atoms with E-state index < -0.39 is 5.54 Å². The largest absolute Gasteiger partial charge is 0.463 e. The molecule has 0 unspecified atom stereocenters. The maximum Gasteiger partial charge on any atom is 0.271 e. The minimum Gasteiger partial charge on any atom is -0.463 e. The van der Waals surface area contributed by atoms with E-state index in [9.17, 15) is 9.59 Å². The fourth-order valence-corrected chi connectivity index (χ4v) is 6.14. The van der Waals surface area contributed by atoms with Crippen LogP contribution in [0.15, 0.2) is 34.9 Å². The van der Waals surface area contributed by atoms with Crippen molar-refractivity contribution in [1.82, 2.24) is 19.7 Å². The molecule has 2 aromatic rings. The molecular weight excluding hydrogens is 440 g/mol. The average Bonchev–Trinajstić information content (AvgIpc) is 3.53. The monoisotopic (exact) mass is 480 g/mol. The van der Waals surface area contributed by atoms with Crippen LogP contribution < -0.4 is 5.32 Å². The molecule has 0 spiro atoms. The Bertz CT molecular complexity index is 1020. The van der Waals surface area contributed by atoms with Crippen LogP contribution in [0.2, 0.25) is 0 Å². The van der Waals surface area contributed by atoms with Crippen molar-refractivity contribution in [2.24, 2.45) is 5.92 Å². The number of amides is 2. The van der Waals surface area contributed by atoms with Gasteiger partial charge < -0.3 is 24.1 Å². The Labute approximate surface area is 208 Å². The Hall–Kier alpha value is -2.54. The molecule has 0 bridgehead atoms. The lowest BCUT2D eigenvalue weighted by atomic mass is 9.86. The second kappa shape index (κ2) is 10.2. The highest BCUT2D eigenvalue weighted by molar-refractivity contribution is 6.00. The van der Waals surface area contributed by atoms with Gasteiger partial charge in [-0.3, -0.25) is 9.59 Å². The number of fused-ring (bicyclic) bond motifs is 1.